The van der Waals surface area contributed by atoms with Crippen LogP contribution in [0.25, 0.3) is 10.9 Å². The standard InChI is InChI=1S/C17H22N2O/c1-10(2)19-15-11(3)6-4-7-12(15)13-8-5-9-14(16(13)19)17(18)20/h5,8-11H,4,6-7H2,1-3H3,(H2,18,20). The van der Waals surface area contributed by atoms with Crippen molar-refractivity contribution in [2.45, 2.75) is 52.0 Å². The van der Waals surface area contributed by atoms with Gasteiger partial charge in [0.05, 0.1) is 11.1 Å². The van der Waals surface area contributed by atoms with Gasteiger partial charge in [0, 0.05) is 17.1 Å². The molecule has 0 saturated heterocycles. The van der Waals surface area contributed by atoms with Gasteiger partial charge in [-0.1, -0.05) is 19.1 Å². The number of rotatable bonds is 2. The van der Waals surface area contributed by atoms with Crippen LogP contribution in [0.1, 0.15) is 67.2 Å². The molecule has 1 atom stereocenters. The number of amides is 1. The Morgan fingerprint density at radius 2 is 2.15 bits per heavy atom. The van der Waals surface area contributed by atoms with E-state index in [1.165, 1.54) is 29.5 Å². The van der Waals surface area contributed by atoms with Crippen LogP contribution in [0.2, 0.25) is 0 Å². The third-order valence-electron chi connectivity index (χ3n) is 4.48. The largest absolute Gasteiger partial charge is 0.366 e. The van der Waals surface area contributed by atoms with E-state index < -0.39 is 0 Å². The SMILES string of the molecule is CC1CCCc2c1n(C(C)C)c1c(C(N)=O)cccc21. The van der Waals surface area contributed by atoms with Gasteiger partial charge in [0.15, 0.2) is 0 Å². The van der Waals surface area contributed by atoms with Gasteiger partial charge in [-0.15, -0.1) is 0 Å². The third kappa shape index (κ3) is 1.76. The van der Waals surface area contributed by atoms with Gasteiger partial charge in [0.2, 0.25) is 0 Å². The minimum Gasteiger partial charge on any atom is -0.366 e. The number of hydrogen-bond donors (Lipinski definition) is 1. The third-order valence-corrected chi connectivity index (χ3v) is 4.48. The van der Waals surface area contributed by atoms with Crippen molar-refractivity contribution in [3.05, 3.63) is 35.0 Å². The molecule has 0 spiro atoms. The molecule has 3 nitrogen and oxygen atoms in total. The molecule has 1 amide bonds. The van der Waals surface area contributed by atoms with Crippen LogP contribution in [0.15, 0.2) is 18.2 Å². The summed E-state index contributed by atoms with van der Waals surface area (Å²) in [6.45, 7) is 6.65. The quantitative estimate of drug-likeness (QED) is 0.887. The summed E-state index contributed by atoms with van der Waals surface area (Å²) >= 11 is 0. The Balaban J connectivity index is 2.46. The van der Waals surface area contributed by atoms with E-state index in [2.05, 4.69) is 31.4 Å². The molecule has 0 fully saturated rings. The maximum atomic E-state index is 11.8. The monoisotopic (exact) mass is 270 g/mol. The summed E-state index contributed by atoms with van der Waals surface area (Å²) in [5.41, 5.74) is 10.1. The Bertz CT molecular complexity index is 682. The van der Waals surface area contributed by atoms with Crippen molar-refractivity contribution in [1.29, 1.82) is 0 Å². The van der Waals surface area contributed by atoms with Gasteiger partial charge in [-0.3, -0.25) is 4.79 Å². The summed E-state index contributed by atoms with van der Waals surface area (Å²) in [4.78, 5) is 11.8. The van der Waals surface area contributed by atoms with E-state index in [1.54, 1.807) is 0 Å². The van der Waals surface area contributed by atoms with Gasteiger partial charge < -0.3 is 10.3 Å². The average molecular weight is 270 g/mol. The van der Waals surface area contributed by atoms with Crippen LogP contribution in [0.5, 0.6) is 0 Å². The maximum Gasteiger partial charge on any atom is 0.250 e. The molecule has 1 aromatic heterocycles. The molecular weight excluding hydrogens is 248 g/mol. The minimum atomic E-state index is -0.333. The lowest BCUT2D eigenvalue weighted by Gasteiger charge is -2.24. The summed E-state index contributed by atoms with van der Waals surface area (Å²) in [7, 11) is 0. The van der Waals surface area contributed by atoms with E-state index in [1.807, 2.05) is 12.1 Å². The molecule has 1 unspecified atom stereocenters. The second kappa shape index (κ2) is 4.65. The molecule has 0 radical (unpaired) electrons. The van der Waals surface area contributed by atoms with Gasteiger partial charge in [-0.25, -0.2) is 0 Å². The number of carbonyl (C=O) groups excluding carboxylic acids is 1. The number of primary amides is 1. The highest BCUT2D eigenvalue weighted by Crippen LogP contribution is 2.40. The molecule has 1 aliphatic carbocycles. The first-order valence-electron chi connectivity index (χ1n) is 7.47. The van der Waals surface area contributed by atoms with E-state index in [0.29, 0.717) is 17.5 Å². The number of aryl methyl sites for hydroxylation is 1. The highest BCUT2D eigenvalue weighted by molar-refractivity contribution is 6.06. The molecule has 1 heterocycles. The fraction of sp³-hybridized carbons (Fsp3) is 0.471. The summed E-state index contributed by atoms with van der Waals surface area (Å²) in [6.07, 6.45) is 3.56. The molecule has 3 rings (SSSR count). The zero-order chi connectivity index (χ0) is 14.4. The van der Waals surface area contributed by atoms with Crippen LogP contribution in [-0.4, -0.2) is 10.5 Å². The van der Waals surface area contributed by atoms with Crippen molar-refractivity contribution in [2.24, 2.45) is 5.73 Å². The molecule has 1 aliphatic rings. The van der Waals surface area contributed by atoms with Crippen molar-refractivity contribution in [3.8, 4) is 0 Å². The van der Waals surface area contributed by atoms with Gasteiger partial charge in [0.25, 0.3) is 5.91 Å². The number of aromatic nitrogens is 1. The Kier molecular flexibility index (Phi) is 3.08. The molecule has 106 valence electrons. The molecule has 0 bridgehead atoms. The second-order valence-electron chi connectivity index (χ2n) is 6.19. The first-order chi connectivity index (χ1) is 9.52. The Hall–Kier alpha value is -1.77. The fourth-order valence-corrected chi connectivity index (χ4v) is 3.70. The van der Waals surface area contributed by atoms with Crippen LogP contribution < -0.4 is 5.73 Å². The Morgan fingerprint density at radius 3 is 2.80 bits per heavy atom. The predicted octanol–water partition coefficient (Wildman–Crippen LogP) is 3.76. The zero-order valence-corrected chi connectivity index (χ0v) is 12.4. The van der Waals surface area contributed by atoms with E-state index >= 15 is 0 Å². The van der Waals surface area contributed by atoms with E-state index in [0.717, 1.165) is 11.9 Å². The normalized spacial score (nSPS) is 18.5. The predicted molar refractivity (Wildman–Crippen MR) is 82.2 cm³/mol. The Morgan fingerprint density at radius 1 is 1.40 bits per heavy atom. The lowest BCUT2D eigenvalue weighted by molar-refractivity contribution is 0.100. The van der Waals surface area contributed by atoms with Crippen molar-refractivity contribution >= 4 is 16.8 Å². The second-order valence-corrected chi connectivity index (χ2v) is 6.19. The smallest absolute Gasteiger partial charge is 0.250 e. The minimum absolute atomic E-state index is 0.333. The molecular formula is C17H22N2O. The van der Waals surface area contributed by atoms with Crippen LogP contribution in [0, 0.1) is 0 Å². The molecule has 3 heteroatoms. The summed E-state index contributed by atoms with van der Waals surface area (Å²) in [6, 6.07) is 6.27. The van der Waals surface area contributed by atoms with E-state index in [9.17, 15) is 4.79 Å². The van der Waals surface area contributed by atoms with Crippen LogP contribution >= 0.6 is 0 Å². The number of fused-ring (bicyclic) bond motifs is 3. The maximum absolute atomic E-state index is 11.8. The molecule has 0 saturated carbocycles. The van der Waals surface area contributed by atoms with Crippen molar-refractivity contribution in [3.63, 3.8) is 0 Å². The lowest BCUT2D eigenvalue weighted by Crippen LogP contribution is -2.16. The molecule has 1 aromatic carbocycles. The van der Waals surface area contributed by atoms with Gasteiger partial charge in [0.1, 0.15) is 0 Å². The summed E-state index contributed by atoms with van der Waals surface area (Å²) < 4.78 is 2.34. The van der Waals surface area contributed by atoms with Crippen LogP contribution in [0.3, 0.4) is 0 Å². The zero-order valence-electron chi connectivity index (χ0n) is 12.4. The van der Waals surface area contributed by atoms with Crippen molar-refractivity contribution in [2.75, 3.05) is 0 Å². The van der Waals surface area contributed by atoms with Gasteiger partial charge >= 0.3 is 0 Å². The number of nitrogens with two attached hydrogens (primary N) is 1. The van der Waals surface area contributed by atoms with Crippen LogP contribution in [-0.2, 0) is 6.42 Å². The number of para-hydroxylation sites is 1. The molecule has 2 aromatic rings. The Labute approximate surface area is 119 Å². The highest BCUT2D eigenvalue weighted by Gasteiger charge is 2.27. The lowest BCUT2D eigenvalue weighted by atomic mass is 9.87. The van der Waals surface area contributed by atoms with Crippen LogP contribution in [0.4, 0.5) is 0 Å². The number of carbonyl (C=O) groups is 1. The van der Waals surface area contributed by atoms with Crippen molar-refractivity contribution < 1.29 is 4.79 Å². The molecule has 2 N–H and O–H groups in total. The van der Waals surface area contributed by atoms with Gasteiger partial charge in [-0.05, 0) is 50.7 Å². The highest BCUT2D eigenvalue weighted by atomic mass is 16.1. The summed E-state index contributed by atoms with van der Waals surface area (Å²) in [5.74, 6) is 0.217. The summed E-state index contributed by atoms with van der Waals surface area (Å²) in [5, 5.41) is 1.22. The number of benzene rings is 1. The topological polar surface area (TPSA) is 48.0 Å². The van der Waals surface area contributed by atoms with E-state index in [-0.39, 0.29) is 5.91 Å². The van der Waals surface area contributed by atoms with Gasteiger partial charge in [-0.2, -0.15) is 0 Å². The first kappa shape index (κ1) is 13.2. The molecule has 20 heavy (non-hydrogen) atoms. The number of nitrogens with zero attached hydrogens (tertiary/aromatic N) is 1. The fourth-order valence-electron chi connectivity index (χ4n) is 3.70. The average Bonchev–Trinajstić information content (AvgIpc) is 2.74. The first-order valence-corrected chi connectivity index (χ1v) is 7.47. The van der Waals surface area contributed by atoms with E-state index in [4.69, 9.17) is 5.73 Å². The molecule has 0 aliphatic heterocycles. The number of hydrogen-bond acceptors (Lipinski definition) is 1. The van der Waals surface area contributed by atoms with Crippen molar-refractivity contribution in [1.82, 2.24) is 4.57 Å².